The quantitative estimate of drug-likeness (QED) is 0.728. The first-order chi connectivity index (χ1) is 7.39. The Morgan fingerprint density at radius 1 is 1.31 bits per heavy atom. The molecule has 1 amide bonds. The molecule has 1 N–H and O–H groups in total. The maximum absolute atomic E-state index is 11.7. The van der Waals surface area contributed by atoms with Gasteiger partial charge in [-0.3, -0.25) is 4.79 Å². The van der Waals surface area contributed by atoms with Crippen LogP contribution in [0.25, 0.3) is 0 Å². The first-order valence-corrected chi connectivity index (χ1v) is 5.48. The minimum atomic E-state index is -0.451. The van der Waals surface area contributed by atoms with Gasteiger partial charge in [0.25, 0.3) is 0 Å². The molecule has 2 rings (SSSR count). The highest BCUT2D eigenvalue weighted by atomic mass is 16.5. The van der Waals surface area contributed by atoms with Crippen molar-refractivity contribution in [3.05, 3.63) is 23.3 Å². The summed E-state index contributed by atoms with van der Waals surface area (Å²) in [7, 11) is 0. The fourth-order valence-electron chi connectivity index (χ4n) is 1.91. The molecule has 0 unspecified atom stereocenters. The predicted molar refractivity (Wildman–Crippen MR) is 63.9 cm³/mol. The lowest BCUT2D eigenvalue weighted by Gasteiger charge is -2.24. The van der Waals surface area contributed by atoms with E-state index in [1.165, 1.54) is 5.56 Å². The molecular weight excluding hydrogens is 202 g/mol. The number of fused-ring (bicyclic) bond motifs is 1. The molecule has 0 aromatic heterocycles. The number of ether oxygens (including phenoxy) is 1. The minimum absolute atomic E-state index is 0.00648. The van der Waals surface area contributed by atoms with Crippen molar-refractivity contribution in [1.82, 2.24) is 0 Å². The second-order valence-electron chi connectivity index (χ2n) is 4.97. The second kappa shape index (κ2) is 3.51. The van der Waals surface area contributed by atoms with Gasteiger partial charge in [0.05, 0.1) is 12.1 Å². The predicted octanol–water partition coefficient (Wildman–Crippen LogP) is 2.80. The molecule has 1 aromatic rings. The van der Waals surface area contributed by atoms with Gasteiger partial charge in [-0.2, -0.15) is 0 Å². The van der Waals surface area contributed by atoms with Crippen molar-refractivity contribution in [3.8, 4) is 5.75 Å². The summed E-state index contributed by atoms with van der Waals surface area (Å²) in [5, 5.41) is 2.88. The Morgan fingerprint density at radius 2 is 2.00 bits per heavy atom. The fraction of sp³-hybridized carbons (Fsp3) is 0.462. The summed E-state index contributed by atoms with van der Waals surface area (Å²) in [4.78, 5) is 11.7. The van der Waals surface area contributed by atoms with Crippen LogP contribution in [0.3, 0.4) is 0 Å². The van der Waals surface area contributed by atoms with E-state index >= 15 is 0 Å². The van der Waals surface area contributed by atoms with Crippen LogP contribution in [0.2, 0.25) is 0 Å². The number of anilines is 1. The Kier molecular flexibility index (Phi) is 2.41. The van der Waals surface area contributed by atoms with Crippen LogP contribution < -0.4 is 10.1 Å². The molecule has 0 fully saturated rings. The lowest BCUT2D eigenvalue weighted by atomic mass is 10.0. The number of aryl methyl sites for hydroxylation is 1. The lowest BCUT2D eigenvalue weighted by molar-refractivity contribution is -0.118. The summed E-state index contributed by atoms with van der Waals surface area (Å²) < 4.78 is 5.94. The molecule has 0 spiro atoms. The number of hydrogen-bond donors (Lipinski definition) is 1. The van der Waals surface area contributed by atoms with Gasteiger partial charge in [-0.1, -0.05) is 6.07 Å². The summed E-state index contributed by atoms with van der Waals surface area (Å²) >= 11 is 0. The lowest BCUT2D eigenvalue weighted by Crippen LogP contribution is -2.31. The molecule has 1 aliphatic rings. The van der Waals surface area contributed by atoms with E-state index in [4.69, 9.17) is 4.74 Å². The van der Waals surface area contributed by atoms with Gasteiger partial charge in [0.1, 0.15) is 11.4 Å². The maximum Gasteiger partial charge on any atom is 0.228 e. The Bertz CT molecular complexity index is 449. The monoisotopic (exact) mass is 219 g/mol. The standard InChI is InChI=1S/C13H17NO2/c1-8-5-6-10-12(9(8)2)16-13(3,4)7-11(15)14-10/h5-6H,7H2,1-4H3,(H,14,15). The Labute approximate surface area is 95.8 Å². The van der Waals surface area contributed by atoms with Crippen LogP contribution in [0.5, 0.6) is 5.75 Å². The van der Waals surface area contributed by atoms with Gasteiger partial charge in [0.2, 0.25) is 5.91 Å². The molecule has 86 valence electrons. The largest absolute Gasteiger partial charge is 0.485 e. The van der Waals surface area contributed by atoms with Crippen molar-refractivity contribution in [2.24, 2.45) is 0 Å². The van der Waals surface area contributed by atoms with E-state index in [9.17, 15) is 4.79 Å². The van der Waals surface area contributed by atoms with Crippen LogP contribution in [0, 0.1) is 13.8 Å². The molecule has 0 atom stereocenters. The number of amides is 1. The molecule has 1 aromatic carbocycles. The van der Waals surface area contributed by atoms with E-state index in [1.54, 1.807) is 0 Å². The van der Waals surface area contributed by atoms with Gasteiger partial charge in [0.15, 0.2) is 0 Å². The maximum atomic E-state index is 11.7. The number of carbonyl (C=O) groups excluding carboxylic acids is 1. The van der Waals surface area contributed by atoms with Crippen molar-refractivity contribution in [3.63, 3.8) is 0 Å². The van der Waals surface area contributed by atoms with Crippen LogP contribution in [-0.2, 0) is 4.79 Å². The zero-order valence-electron chi connectivity index (χ0n) is 10.2. The molecule has 0 aliphatic carbocycles. The van der Waals surface area contributed by atoms with Gasteiger partial charge in [0, 0.05) is 0 Å². The number of nitrogens with one attached hydrogen (secondary N) is 1. The summed E-state index contributed by atoms with van der Waals surface area (Å²) in [6.45, 7) is 7.92. The highest BCUT2D eigenvalue weighted by molar-refractivity contribution is 5.94. The van der Waals surface area contributed by atoms with Crippen molar-refractivity contribution in [2.75, 3.05) is 5.32 Å². The van der Waals surface area contributed by atoms with Crippen molar-refractivity contribution in [2.45, 2.75) is 39.7 Å². The number of benzene rings is 1. The topological polar surface area (TPSA) is 38.3 Å². The molecule has 0 radical (unpaired) electrons. The summed E-state index contributed by atoms with van der Waals surface area (Å²) in [5.74, 6) is 0.808. The van der Waals surface area contributed by atoms with E-state index in [0.29, 0.717) is 6.42 Å². The average molecular weight is 219 g/mol. The summed E-state index contributed by atoms with van der Waals surface area (Å²) in [5.41, 5.74) is 2.59. The molecule has 1 heterocycles. The zero-order valence-corrected chi connectivity index (χ0v) is 10.2. The van der Waals surface area contributed by atoms with Crippen LogP contribution in [0.1, 0.15) is 31.4 Å². The van der Waals surface area contributed by atoms with E-state index < -0.39 is 5.60 Å². The van der Waals surface area contributed by atoms with E-state index in [0.717, 1.165) is 17.0 Å². The van der Waals surface area contributed by atoms with Crippen molar-refractivity contribution >= 4 is 11.6 Å². The van der Waals surface area contributed by atoms with Gasteiger partial charge in [-0.25, -0.2) is 0 Å². The first kappa shape index (κ1) is 11.0. The molecular formula is C13H17NO2. The van der Waals surface area contributed by atoms with E-state index in [1.807, 2.05) is 39.8 Å². The zero-order chi connectivity index (χ0) is 11.9. The third-order valence-electron chi connectivity index (χ3n) is 2.92. The third-order valence-corrected chi connectivity index (χ3v) is 2.92. The molecule has 1 aliphatic heterocycles. The third kappa shape index (κ3) is 1.90. The highest BCUT2D eigenvalue weighted by Gasteiger charge is 2.30. The summed E-state index contributed by atoms with van der Waals surface area (Å²) in [6.07, 6.45) is 0.375. The molecule has 3 nitrogen and oxygen atoms in total. The molecule has 3 heteroatoms. The number of carbonyl (C=O) groups is 1. The van der Waals surface area contributed by atoms with Gasteiger partial charge in [-0.05, 0) is 44.9 Å². The first-order valence-electron chi connectivity index (χ1n) is 5.48. The fourth-order valence-corrected chi connectivity index (χ4v) is 1.91. The van der Waals surface area contributed by atoms with E-state index in [2.05, 4.69) is 5.32 Å². The second-order valence-corrected chi connectivity index (χ2v) is 4.97. The van der Waals surface area contributed by atoms with Crippen LogP contribution in [0.4, 0.5) is 5.69 Å². The van der Waals surface area contributed by atoms with Crippen molar-refractivity contribution in [1.29, 1.82) is 0 Å². The molecule has 0 saturated carbocycles. The Morgan fingerprint density at radius 3 is 2.69 bits per heavy atom. The van der Waals surface area contributed by atoms with Gasteiger partial charge in [-0.15, -0.1) is 0 Å². The number of hydrogen-bond acceptors (Lipinski definition) is 2. The Balaban J connectivity index is 2.55. The van der Waals surface area contributed by atoms with E-state index in [-0.39, 0.29) is 5.91 Å². The van der Waals surface area contributed by atoms with Crippen LogP contribution in [0.15, 0.2) is 12.1 Å². The molecule has 0 saturated heterocycles. The SMILES string of the molecule is Cc1ccc2c(c1C)OC(C)(C)CC(=O)N2. The average Bonchev–Trinajstić information content (AvgIpc) is 2.27. The molecule has 16 heavy (non-hydrogen) atoms. The molecule has 0 bridgehead atoms. The smallest absolute Gasteiger partial charge is 0.228 e. The normalized spacial score (nSPS) is 18.1. The minimum Gasteiger partial charge on any atom is -0.485 e. The highest BCUT2D eigenvalue weighted by Crippen LogP contribution is 2.36. The Hall–Kier alpha value is -1.51. The summed E-state index contributed by atoms with van der Waals surface area (Å²) in [6, 6.07) is 3.90. The van der Waals surface area contributed by atoms with Crippen LogP contribution >= 0.6 is 0 Å². The van der Waals surface area contributed by atoms with Gasteiger partial charge >= 0.3 is 0 Å². The van der Waals surface area contributed by atoms with Crippen LogP contribution in [-0.4, -0.2) is 11.5 Å². The van der Waals surface area contributed by atoms with Gasteiger partial charge < -0.3 is 10.1 Å². The van der Waals surface area contributed by atoms with Crippen molar-refractivity contribution < 1.29 is 9.53 Å². The number of rotatable bonds is 0.